The molecule has 0 amide bonds. The topological polar surface area (TPSA) is 58.5 Å². The summed E-state index contributed by atoms with van der Waals surface area (Å²) in [6.07, 6.45) is 7.00. The van der Waals surface area contributed by atoms with Crippen LogP contribution in [-0.4, -0.2) is 39.7 Å². The Bertz CT molecular complexity index is 566. The van der Waals surface area contributed by atoms with Gasteiger partial charge in [-0.15, -0.1) is 0 Å². The van der Waals surface area contributed by atoms with Gasteiger partial charge in [0.25, 0.3) is 0 Å². The molecule has 1 N–H and O–H groups in total. The molecule has 22 heavy (non-hydrogen) atoms. The smallest absolute Gasteiger partial charge is 0.237 e. The first-order chi connectivity index (χ1) is 10.8. The lowest BCUT2D eigenvalue weighted by Gasteiger charge is -2.31. The minimum absolute atomic E-state index is 0.322. The maximum atomic E-state index is 9.18. The summed E-state index contributed by atoms with van der Waals surface area (Å²) in [4.78, 5) is 10.5. The second-order valence-corrected chi connectivity index (χ2v) is 5.69. The minimum Gasteiger partial charge on any atom is -0.438 e. The number of hydrogen-bond acceptors (Lipinski definition) is 5. The van der Waals surface area contributed by atoms with Gasteiger partial charge in [-0.25, -0.2) is 4.98 Å². The summed E-state index contributed by atoms with van der Waals surface area (Å²) in [6.45, 7) is 3.39. The molecular weight excluding hydrogens is 278 g/mol. The van der Waals surface area contributed by atoms with Crippen LogP contribution in [-0.2, 0) is 6.54 Å². The molecule has 1 aromatic heterocycles. The van der Waals surface area contributed by atoms with Crippen LogP contribution in [0.4, 0.5) is 0 Å². The van der Waals surface area contributed by atoms with Crippen LogP contribution in [0.2, 0.25) is 0 Å². The van der Waals surface area contributed by atoms with Gasteiger partial charge in [-0.1, -0.05) is 12.1 Å². The highest BCUT2D eigenvalue weighted by atomic mass is 16.5. The van der Waals surface area contributed by atoms with E-state index in [-0.39, 0.29) is 0 Å². The SMILES string of the molecule is OCC1CCN(Cc2ccc(Oc3cnccn3)cc2)CC1. The lowest BCUT2D eigenvalue weighted by atomic mass is 9.97. The molecule has 1 fully saturated rings. The van der Waals surface area contributed by atoms with Gasteiger partial charge in [-0.05, 0) is 49.5 Å². The average Bonchev–Trinajstić information content (AvgIpc) is 2.58. The van der Waals surface area contributed by atoms with Crippen LogP contribution < -0.4 is 4.74 Å². The van der Waals surface area contributed by atoms with E-state index in [1.165, 1.54) is 5.56 Å². The predicted octanol–water partition coefficient (Wildman–Crippen LogP) is 2.47. The molecule has 0 spiro atoms. The predicted molar refractivity (Wildman–Crippen MR) is 83.6 cm³/mol. The molecule has 5 heteroatoms. The molecule has 0 radical (unpaired) electrons. The number of piperidine rings is 1. The molecule has 116 valence electrons. The molecule has 1 aromatic carbocycles. The summed E-state index contributed by atoms with van der Waals surface area (Å²) < 4.78 is 5.64. The summed E-state index contributed by atoms with van der Waals surface area (Å²) in [5.74, 6) is 1.75. The van der Waals surface area contributed by atoms with Crippen molar-refractivity contribution in [2.75, 3.05) is 19.7 Å². The number of likely N-dealkylation sites (tertiary alicyclic amines) is 1. The highest BCUT2D eigenvalue weighted by molar-refractivity contribution is 5.29. The third kappa shape index (κ3) is 4.02. The normalized spacial score (nSPS) is 16.6. The third-order valence-electron chi connectivity index (χ3n) is 4.06. The fourth-order valence-corrected chi connectivity index (χ4v) is 2.71. The Balaban J connectivity index is 1.53. The van der Waals surface area contributed by atoms with Crippen LogP contribution in [0.15, 0.2) is 42.9 Å². The van der Waals surface area contributed by atoms with Crippen molar-refractivity contribution in [1.82, 2.24) is 14.9 Å². The maximum absolute atomic E-state index is 9.18. The molecule has 3 rings (SSSR count). The standard InChI is InChI=1S/C17H21N3O2/c21-13-15-5-9-20(10-6-15)12-14-1-3-16(4-2-14)22-17-11-18-7-8-19-17/h1-4,7-8,11,15,21H,5-6,9-10,12-13H2. The van der Waals surface area contributed by atoms with Gasteiger partial charge in [0, 0.05) is 25.5 Å². The number of ether oxygens (including phenoxy) is 1. The fourth-order valence-electron chi connectivity index (χ4n) is 2.71. The zero-order valence-corrected chi connectivity index (χ0v) is 12.6. The molecule has 0 atom stereocenters. The Labute approximate surface area is 130 Å². The Morgan fingerprint density at radius 3 is 2.55 bits per heavy atom. The van der Waals surface area contributed by atoms with Crippen molar-refractivity contribution in [2.45, 2.75) is 19.4 Å². The molecular formula is C17H21N3O2. The largest absolute Gasteiger partial charge is 0.438 e. The number of aliphatic hydroxyl groups is 1. The monoisotopic (exact) mass is 299 g/mol. The van der Waals surface area contributed by atoms with Gasteiger partial charge < -0.3 is 9.84 Å². The van der Waals surface area contributed by atoms with E-state index in [4.69, 9.17) is 4.74 Å². The van der Waals surface area contributed by atoms with Crippen LogP contribution in [0.1, 0.15) is 18.4 Å². The quantitative estimate of drug-likeness (QED) is 0.919. The van der Waals surface area contributed by atoms with Crippen LogP contribution in [0.25, 0.3) is 0 Å². The van der Waals surface area contributed by atoms with E-state index in [1.54, 1.807) is 18.6 Å². The lowest BCUT2D eigenvalue weighted by Crippen LogP contribution is -2.34. The van der Waals surface area contributed by atoms with Crippen molar-refractivity contribution in [3.8, 4) is 11.6 Å². The van der Waals surface area contributed by atoms with E-state index in [1.807, 2.05) is 12.1 Å². The Kier molecular flexibility index (Phi) is 4.98. The molecule has 0 bridgehead atoms. The van der Waals surface area contributed by atoms with E-state index in [0.717, 1.165) is 38.2 Å². The number of hydrogen-bond donors (Lipinski definition) is 1. The van der Waals surface area contributed by atoms with Gasteiger partial charge in [-0.3, -0.25) is 9.88 Å². The van der Waals surface area contributed by atoms with Gasteiger partial charge in [0.05, 0.1) is 6.20 Å². The third-order valence-corrected chi connectivity index (χ3v) is 4.06. The first-order valence-electron chi connectivity index (χ1n) is 7.69. The Morgan fingerprint density at radius 1 is 1.14 bits per heavy atom. The van der Waals surface area contributed by atoms with Crippen molar-refractivity contribution in [1.29, 1.82) is 0 Å². The second-order valence-electron chi connectivity index (χ2n) is 5.69. The number of aromatic nitrogens is 2. The second kappa shape index (κ2) is 7.33. The van der Waals surface area contributed by atoms with E-state index >= 15 is 0 Å². The van der Waals surface area contributed by atoms with E-state index < -0.39 is 0 Å². The molecule has 0 saturated carbocycles. The van der Waals surface area contributed by atoms with E-state index in [9.17, 15) is 5.11 Å². The summed E-state index contributed by atoms with van der Waals surface area (Å²) in [7, 11) is 0. The van der Waals surface area contributed by atoms with Crippen LogP contribution in [0, 0.1) is 5.92 Å². The lowest BCUT2D eigenvalue weighted by molar-refractivity contribution is 0.127. The highest BCUT2D eigenvalue weighted by Crippen LogP contribution is 2.21. The number of benzene rings is 1. The van der Waals surface area contributed by atoms with Crippen molar-refractivity contribution in [3.05, 3.63) is 48.4 Å². The average molecular weight is 299 g/mol. The molecule has 0 unspecified atom stereocenters. The number of nitrogens with zero attached hydrogens (tertiary/aromatic N) is 3. The zero-order chi connectivity index (χ0) is 15.2. The summed E-state index contributed by atoms with van der Waals surface area (Å²) >= 11 is 0. The molecule has 1 aliphatic rings. The Morgan fingerprint density at radius 2 is 1.91 bits per heavy atom. The number of rotatable bonds is 5. The van der Waals surface area contributed by atoms with Gasteiger partial charge in [0.2, 0.25) is 5.88 Å². The Hall–Kier alpha value is -1.98. The first kappa shape index (κ1) is 14.9. The van der Waals surface area contributed by atoms with Crippen LogP contribution >= 0.6 is 0 Å². The van der Waals surface area contributed by atoms with E-state index in [0.29, 0.717) is 18.4 Å². The molecule has 0 aliphatic carbocycles. The van der Waals surface area contributed by atoms with E-state index in [2.05, 4.69) is 27.0 Å². The van der Waals surface area contributed by atoms with Gasteiger partial charge in [0.15, 0.2) is 0 Å². The van der Waals surface area contributed by atoms with Crippen LogP contribution in [0.5, 0.6) is 11.6 Å². The first-order valence-corrected chi connectivity index (χ1v) is 7.69. The molecule has 2 heterocycles. The van der Waals surface area contributed by atoms with Gasteiger partial charge in [-0.2, -0.15) is 0 Å². The van der Waals surface area contributed by atoms with Crippen molar-refractivity contribution < 1.29 is 9.84 Å². The molecule has 1 saturated heterocycles. The summed E-state index contributed by atoms with van der Waals surface area (Å²) in [5, 5.41) is 9.18. The summed E-state index contributed by atoms with van der Waals surface area (Å²) in [5.41, 5.74) is 1.27. The maximum Gasteiger partial charge on any atom is 0.237 e. The molecule has 2 aromatic rings. The van der Waals surface area contributed by atoms with Crippen molar-refractivity contribution in [2.24, 2.45) is 5.92 Å². The molecule has 1 aliphatic heterocycles. The zero-order valence-electron chi connectivity index (χ0n) is 12.6. The fraction of sp³-hybridized carbons (Fsp3) is 0.412. The summed E-state index contributed by atoms with van der Waals surface area (Å²) in [6, 6.07) is 8.10. The van der Waals surface area contributed by atoms with Crippen LogP contribution in [0.3, 0.4) is 0 Å². The van der Waals surface area contributed by atoms with Crippen molar-refractivity contribution in [3.63, 3.8) is 0 Å². The highest BCUT2D eigenvalue weighted by Gasteiger charge is 2.18. The van der Waals surface area contributed by atoms with Crippen molar-refractivity contribution >= 4 is 0 Å². The van der Waals surface area contributed by atoms with Gasteiger partial charge in [0.1, 0.15) is 5.75 Å². The minimum atomic E-state index is 0.322. The molecule has 5 nitrogen and oxygen atoms in total. The number of aliphatic hydroxyl groups excluding tert-OH is 1. The van der Waals surface area contributed by atoms with Gasteiger partial charge >= 0.3 is 0 Å².